The van der Waals surface area contributed by atoms with Gasteiger partial charge in [0.1, 0.15) is 23.9 Å². The van der Waals surface area contributed by atoms with Crippen LogP contribution in [0.15, 0.2) is 71.5 Å². The van der Waals surface area contributed by atoms with Gasteiger partial charge in [-0.1, -0.05) is 18.2 Å². The Morgan fingerprint density at radius 2 is 1.59 bits per heavy atom. The summed E-state index contributed by atoms with van der Waals surface area (Å²) in [6.45, 7) is 1.76. The van der Waals surface area contributed by atoms with Crippen LogP contribution in [0.2, 0.25) is 0 Å². The van der Waals surface area contributed by atoms with Crippen LogP contribution in [0.1, 0.15) is 10.5 Å². The molecular weight excluding hydrogens is 441 g/mol. The maximum atomic E-state index is 13.0. The van der Waals surface area contributed by atoms with E-state index < -0.39 is 0 Å². The lowest BCUT2D eigenvalue weighted by Gasteiger charge is -2.34. The van der Waals surface area contributed by atoms with Gasteiger partial charge in [-0.2, -0.15) is 5.10 Å². The predicted octanol–water partition coefficient (Wildman–Crippen LogP) is 2.45. The minimum Gasteiger partial charge on any atom is -0.492 e. The second-order valence-electron chi connectivity index (χ2n) is 7.66. The van der Waals surface area contributed by atoms with E-state index in [0.29, 0.717) is 37.6 Å². The molecule has 3 aromatic rings. The van der Waals surface area contributed by atoms with Crippen LogP contribution < -0.4 is 15.6 Å². The molecule has 0 bridgehead atoms. The van der Waals surface area contributed by atoms with Gasteiger partial charge in [0.2, 0.25) is 0 Å². The van der Waals surface area contributed by atoms with Gasteiger partial charge >= 0.3 is 6.03 Å². The number of halogens is 1. The van der Waals surface area contributed by atoms with Crippen LogP contribution in [0, 0.1) is 5.82 Å². The number of hydrogen-bond acceptors (Lipinski definition) is 5. The van der Waals surface area contributed by atoms with Crippen LogP contribution in [0.4, 0.5) is 14.9 Å². The van der Waals surface area contributed by atoms with Crippen molar-refractivity contribution in [1.82, 2.24) is 19.6 Å². The molecule has 0 spiro atoms. The summed E-state index contributed by atoms with van der Waals surface area (Å²) in [5.41, 5.74) is 0.326. The van der Waals surface area contributed by atoms with Crippen molar-refractivity contribution in [3.05, 3.63) is 88.6 Å². The van der Waals surface area contributed by atoms with Crippen molar-refractivity contribution < 1.29 is 18.7 Å². The number of ether oxygens (including phenoxy) is 1. The number of hydrogen-bond donors (Lipinski definition) is 1. The van der Waals surface area contributed by atoms with Crippen molar-refractivity contribution in [2.45, 2.75) is 6.54 Å². The van der Waals surface area contributed by atoms with Crippen LogP contribution in [0.5, 0.6) is 5.75 Å². The third-order valence-electron chi connectivity index (χ3n) is 5.35. The summed E-state index contributed by atoms with van der Waals surface area (Å²) in [5, 5.41) is 6.92. The third kappa shape index (κ3) is 5.77. The summed E-state index contributed by atoms with van der Waals surface area (Å²) in [6, 6.07) is 17.1. The number of nitrogens with zero attached hydrogens (tertiary/aromatic N) is 4. The van der Waals surface area contributed by atoms with Gasteiger partial charge < -0.3 is 19.9 Å². The topological polar surface area (TPSA) is 96.8 Å². The first kappa shape index (κ1) is 23.0. The smallest absolute Gasteiger partial charge is 0.321 e. The highest BCUT2D eigenvalue weighted by Crippen LogP contribution is 2.12. The van der Waals surface area contributed by atoms with Gasteiger partial charge in [0.05, 0.1) is 6.54 Å². The second kappa shape index (κ2) is 10.6. The highest BCUT2D eigenvalue weighted by atomic mass is 19.1. The summed E-state index contributed by atoms with van der Waals surface area (Å²) in [5.74, 6) is -0.00535. The Labute approximate surface area is 195 Å². The van der Waals surface area contributed by atoms with Crippen LogP contribution in [0.25, 0.3) is 0 Å². The lowest BCUT2D eigenvalue weighted by atomic mass is 10.2. The van der Waals surface area contributed by atoms with Crippen molar-refractivity contribution in [3.63, 3.8) is 0 Å². The number of para-hydroxylation sites is 1. The molecule has 4 rings (SSSR count). The Balaban J connectivity index is 1.31. The Morgan fingerprint density at radius 3 is 2.29 bits per heavy atom. The van der Waals surface area contributed by atoms with Gasteiger partial charge in [-0.05, 0) is 42.5 Å². The maximum absolute atomic E-state index is 13.0. The van der Waals surface area contributed by atoms with Gasteiger partial charge in [-0.25, -0.2) is 13.9 Å². The van der Waals surface area contributed by atoms with Gasteiger partial charge in [-0.15, -0.1) is 0 Å². The summed E-state index contributed by atoms with van der Waals surface area (Å²) >= 11 is 0. The second-order valence-corrected chi connectivity index (χ2v) is 7.66. The number of amides is 3. The summed E-state index contributed by atoms with van der Waals surface area (Å²) in [7, 11) is 0. The van der Waals surface area contributed by atoms with Gasteiger partial charge in [0.25, 0.3) is 11.5 Å². The number of piperazine rings is 1. The molecule has 0 radical (unpaired) electrons. The first-order valence-corrected chi connectivity index (χ1v) is 10.9. The molecule has 0 aliphatic carbocycles. The minimum atomic E-state index is -0.381. The number of benzene rings is 2. The van der Waals surface area contributed by atoms with Crippen LogP contribution in [0.3, 0.4) is 0 Å². The molecule has 3 amide bonds. The predicted molar refractivity (Wildman–Crippen MR) is 123 cm³/mol. The zero-order valence-electron chi connectivity index (χ0n) is 18.4. The molecule has 1 saturated heterocycles. The number of carbonyl (C=O) groups is 2. The van der Waals surface area contributed by atoms with Crippen LogP contribution in [-0.4, -0.2) is 64.3 Å². The molecule has 1 aliphatic rings. The fourth-order valence-corrected chi connectivity index (χ4v) is 3.50. The monoisotopic (exact) mass is 465 g/mol. The molecule has 10 heteroatoms. The Morgan fingerprint density at radius 1 is 0.912 bits per heavy atom. The zero-order valence-corrected chi connectivity index (χ0v) is 18.4. The quantitative estimate of drug-likeness (QED) is 0.603. The van der Waals surface area contributed by atoms with Crippen molar-refractivity contribution in [2.75, 3.05) is 38.1 Å². The van der Waals surface area contributed by atoms with Crippen LogP contribution in [-0.2, 0) is 6.54 Å². The average molecular weight is 465 g/mol. The normalized spacial score (nSPS) is 13.4. The Hall–Kier alpha value is -4.21. The number of aromatic nitrogens is 2. The molecule has 1 fully saturated rings. The molecule has 2 aromatic carbocycles. The third-order valence-corrected chi connectivity index (χ3v) is 5.35. The lowest BCUT2D eigenvalue weighted by molar-refractivity contribution is 0.0662. The highest BCUT2D eigenvalue weighted by Gasteiger charge is 2.26. The molecular formula is C24H24FN5O4. The Kier molecular flexibility index (Phi) is 7.16. The standard InChI is InChI=1S/C24H24FN5O4/c25-18-6-8-19(9-7-18)26-24(33)29-14-12-28(13-15-29)23(32)21-10-11-22(31)30(27-21)16-17-34-20-4-2-1-3-5-20/h1-11H,12-17H2,(H,26,33). The van der Waals surface area contributed by atoms with E-state index in [9.17, 15) is 18.8 Å². The van der Waals surface area contributed by atoms with Gasteiger partial charge in [0.15, 0.2) is 0 Å². The van der Waals surface area contributed by atoms with E-state index in [0.717, 1.165) is 0 Å². The van der Waals surface area contributed by atoms with E-state index in [2.05, 4.69) is 10.4 Å². The van der Waals surface area contributed by atoms with Crippen molar-refractivity contribution in [1.29, 1.82) is 0 Å². The number of urea groups is 1. The molecule has 1 aromatic heterocycles. The molecule has 34 heavy (non-hydrogen) atoms. The first-order valence-electron chi connectivity index (χ1n) is 10.9. The minimum absolute atomic E-state index is 0.156. The fourth-order valence-electron chi connectivity index (χ4n) is 3.50. The molecule has 0 saturated carbocycles. The van der Waals surface area contributed by atoms with Crippen LogP contribution >= 0.6 is 0 Å². The molecule has 9 nitrogen and oxygen atoms in total. The fraction of sp³-hybridized carbons (Fsp3) is 0.250. The maximum Gasteiger partial charge on any atom is 0.321 e. The number of carbonyl (C=O) groups excluding carboxylic acids is 2. The van der Waals surface area contributed by atoms with Crippen molar-refractivity contribution in [3.8, 4) is 5.75 Å². The van der Waals surface area contributed by atoms with E-state index in [1.54, 1.807) is 9.80 Å². The number of anilines is 1. The largest absolute Gasteiger partial charge is 0.492 e. The molecule has 0 atom stereocenters. The van der Waals surface area contributed by atoms with Gasteiger partial charge in [0, 0.05) is 37.9 Å². The summed E-state index contributed by atoms with van der Waals surface area (Å²) < 4.78 is 19.8. The number of rotatable bonds is 6. The molecule has 0 unspecified atom stereocenters. The lowest BCUT2D eigenvalue weighted by Crippen LogP contribution is -2.52. The van der Waals surface area contributed by atoms with E-state index in [4.69, 9.17) is 4.74 Å². The van der Waals surface area contributed by atoms with E-state index in [1.165, 1.54) is 41.1 Å². The highest BCUT2D eigenvalue weighted by molar-refractivity contribution is 5.93. The summed E-state index contributed by atoms with van der Waals surface area (Å²) in [4.78, 5) is 40.7. The molecule has 2 heterocycles. The van der Waals surface area contributed by atoms with Gasteiger partial charge in [-0.3, -0.25) is 9.59 Å². The van der Waals surface area contributed by atoms with Crippen molar-refractivity contribution in [2.24, 2.45) is 0 Å². The summed E-state index contributed by atoms with van der Waals surface area (Å²) in [6.07, 6.45) is 0. The van der Waals surface area contributed by atoms with Crippen molar-refractivity contribution >= 4 is 17.6 Å². The Bertz CT molecular complexity index is 1190. The average Bonchev–Trinajstić information content (AvgIpc) is 2.87. The SMILES string of the molecule is O=C(Nc1ccc(F)cc1)N1CCN(C(=O)c2ccc(=O)n(CCOc3ccccc3)n2)CC1. The zero-order chi connectivity index (χ0) is 23.9. The van der Waals surface area contributed by atoms with E-state index >= 15 is 0 Å². The molecule has 1 N–H and O–H groups in total. The van der Waals surface area contributed by atoms with E-state index in [1.807, 2.05) is 30.3 Å². The molecule has 176 valence electrons. The number of nitrogens with one attached hydrogen (secondary N) is 1. The molecule has 1 aliphatic heterocycles. The van der Waals surface area contributed by atoms with E-state index in [-0.39, 0.29) is 42.2 Å². The first-order chi connectivity index (χ1) is 16.5.